The molecule has 2 amide bonds. The van der Waals surface area contributed by atoms with Crippen LogP contribution in [0.5, 0.6) is 0 Å². The Morgan fingerprint density at radius 3 is 2.94 bits per heavy atom. The Labute approximate surface area is 191 Å². The molecule has 2 fully saturated rings. The molecule has 0 bridgehead atoms. The summed E-state index contributed by atoms with van der Waals surface area (Å²) in [4.78, 5) is 33.3. The summed E-state index contributed by atoms with van der Waals surface area (Å²) in [6.07, 6.45) is 5.79. The van der Waals surface area contributed by atoms with Gasteiger partial charge < -0.3 is 14.6 Å². The first kappa shape index (κ1) is 20.7. The molecule has 2 aliphatic rings. The van der Waals surface area contributed by atoms with Crippen LogP contribution in [0, 0.1) is 25.7 Å². The van der Waals surface area contributed by atoms with Gasteiger partial charge in [0.15, 0.2) is 0 Å². The van der Waals surface area contributed by atoms with Crippen LogP contribution in [0.25, 0.3) is 16.5 Å². The topological polar surface area (TPSA) is 75.4 Å². The molecule has 3 unspecified atom stereocenters. The highest BCUT2D eigenvalue weighted by atomic mass is 32.1. The SMILES string of the molecule is Cc1cccc(-c2sc(C)nc2C(=O)N2CC3CC3C2CNC(=O)/C=C/c2ccco2)c1. The molecule has 1 aromatic carbocycles. The molecule has 1 saturated carbocycles. The molecule has 164 valence electrons. The van der Waals surface area contributed by atoms with E-state index in [9.17, 15) is 9.59 Å². The minimum Gasteiger partial charge on any atom is -0.465 e. The largest absolute Gasteiger partial charge is 0.465 e. The van der Waals surface area contributed by atoms with Crippen molar-refractivity contribution in [2.24, 2.45) is 11.8 Å². The van der Waals surface area contributed by atoms with Crippen molar-refractivity contribution < 1.29 is 14.0 Å². The molecule has 7 heteroatoms. The minimum absolute atomic E-state index is 0.000767. The first-order valence-electron chi connectivity index (χ1n) is 10.8. The summed E-state index contributed by atoms with van der Waals surface area (Å²) in [5.41, 5.74) is 2.70. The number of fused-ring (bicyclic) bond motifs is 1. The van der Waals surface area contributed by atoms with Crippen LogP contribution in [-0.2, 0) is 4.79 Å². The standard InChI is InChI=1S/C25H25N3O3S/c1-15-5-3-6-17(11-15)24-23(27-16(2)32-24)25(30)28-14-18-12-20(18)21(28)13-26-22(29)9-8-19-7-4-10-31-19/h3-11,18,20-21H,12-14H2,1-2H3,(H,26,29)/b9-8+. The number of rotatable bonds is 6. The average Bonchev–Trinajstić information content (AvgIpc) is 3.14. The van der Waals surface area contributed by atoms with Gasteiger partial charge in [0.1, 0.15) is 11.5 Å². The van der Waals surface area contributed by atoms with Crippen molar-refractivity contribution in [3.8, 4) is 10.4 Å². The van der Waals surface area contributed by atoms with E-state index in [1.165, 1.54) is 6.08 Å². The first-order valence-corrected chi connectivity index (χ1v) is 11.7. The number of amides is 2. The van der Waals surface area contributed by atoms with E-state index in [2.05, 4.69) is 16.4 Å². The number of aryl methyl sites for hydroxylation is 2. The maximum atomic E-state index is 13.6. The quantitative estimate of drug-likeness (QED) is 0.572. The number of carbonyl (C=O) groups excluding carboxylic acids is 2. The lowest BCUT2D eigenvalue weighted by Crippen LogP contribution is -2.45. The lowest BCUT2D eigenvalue weighted by Gasteiger charge is -2.27. The molecule has 1 aliphatic heterocycles. The summed E-state index contributed by atoms with van der Waals surface area (Å²) < 4.78 is 5.21. The fourth-order valence-electron chi connectivity index (χ4n) is 4.56. The summed E-state index contributed by atoms with van der Waals surface area (Å²) >= 11 is 1.55. The van der Waals surface area contributed by atoms with Gasteiger partial charge in [0.05, 0.1) is 22.2 Å². The second kappa shape index (κ2) is 8.39. The molecular weight excluding hydrogens is 422 g/mol. The number of nitrogens with one attached hydrogen (secondary N) is 1. The van der Waals surface area contributed by atoms with Gasteiger partial charge in [-0.2, -0.15) is 0 Å². The van der Waals surface area contributed by atoms with Crippen LogP contribution >= 0.6 is 11.3 Å². The Morgan fingerprint density at radius 1 is 1.28 bits per heavy atom. The van der Waals surface area contributed by atoms with Gasteiger partial charge in [0.25, 0.3) is 5.91 Å². The third-order valence-corrected chi connectivity index (χ3v) is 7.23. The molecule has 0 spiro atoms. The molecule has 32 heavy (non-hydrogen) atoms. The number of hydrogen-bond donors (Lipinski definition) is 1. The summed E-state index contributed by atoms with van der Waals surface area (Å²) in [7, 11) is 0. The van der Waals surface area contributed by atoms with Crippen molar-refractivity contribution in [1.29, 1.82) is 0 Å². The second-order valence-corrected chi connectivity index (χ2v) is 9.76. The van der Waals surface area contributed by atoms with Crippen molar-refractivity contribution in [3.05, 3.63) is 70.8 Å². The molecular formula is C25H25N3O3S. The van der Waals surface area contributed by atoms with Gasteiger partial charge >= 0.3 is 0 Å². The second-order valence-electron chi connectivity index (χ2n) is 8.56. The molecule has 1 aliphatic carbocycles. The Kier molecular flexibility index (Phi) is 5.43. The van der Waals surface area contributed by atoms with Gasteiger partial charge in [0, 0.05) is 19.2 Å². The highest BCUT2D eigenvalue weighted by Crippen LogP contribution is 2.50. The predicted octanol–water partition coefficient (Wildman–Crippen LogP) is 4.31. The van der Waals surface area contributed by atoms with Crippen molar-refractivity contribution in [2.75, 3.05) is 13.1 Å². The molecule has 2 aromatic heterocycles. The van der Waals surface area contributed by atoms with Gasteiger partial charge in [-0.3, -0.25) is 9.59 Å². The molecule has 1 saturated heterocycles. The third kappa shape index (κ3) is 4.12. The number of likely N-dealkylation sites (tertiary alicyclic amines) is 1. The molecule has 0 radical (unpaired) electrons. The van der Waals surface area contributed by atoms with Crippen molar-refractivity contribution >= 4 is 29.2 Å². The number of carbonyl (C=O) groups is 2. The zero-order valence-electron chi connectivity index (χ0n) is 18.1. The lowest BCUT2D eigenvalue weighted by molar-refractivity contribution is -0.116. The summed E-state index contributed by atoms with van der Waals surface area (Å²) in [6.45, 7) is 5.16. The van der Waals surface area contributed by atoms with Gasteiger partial charge in [-0.25, -0.2) is 4.98 Å². The van der Waals surface area contributed by atoms with E-state index >= 15 is 0 Å². The summed E-state index contributed by atoms with van der Waals surface area (Å²) in [6, 6.07) is 11.7. The Hall–Kier alpha value is -3.19. The van der Waals surface area contributed by atoms with Gasteiger partial charge in [-0.05, 0) is 55.9 Å². The highest BCUT2D eigenvalue weighted by Gasteiger charge is 2.54. The first-order chi connectivity index (χ1) is 15.5. The number of furan rings is 1. The van der Waals surface area contributed by atoms with E-state index in [4.69, 9.17) is 4.42 Å². The third-order valence-electron chi connectivity index (χ3n) is 6.21. The smallest absolute Gasteiger partial charge is 0.274 e. The van der Waals surface area contributed by atoms with E-state index in [0.717, 1.165) is 34.0 Å². The Balaban J connectivity index is 1.31. The molecule has 6 nitrogen and oxygen atoms in total. The molecule has 5 rings (SSSR count). The predicted molar refractivity (Wildman–Crippen MR) is 124 cm³/mol. The summed E-state index contributed by atoms with van der Waals surface area (Å²) in [5, 5.41) is 3.84. The number of nitrogens with zero attached hydrogens (tertiary/aromatic N) is 2. The van der Waals surface area contributed by atoms with E-state index in [1.54, 1.807) is 35.8 Å². The summed E-state index contributed by atoms with van der Waals surface area (Å²) in [5.74, 6) is 1.38. The van der Waals surface area contributed by atoms with E-state index in [0.29, 0.717) is 29.8 Å². The van der Waals surface area contributed by atoms with Crippen LogP contribution in [-0.4, -0.2) is 40.8 Å². The monoisotopic (exact) mass is 447 g/mol. The van der Waals surface area contributed by atoms with Gasteiger partial charge in [-0.15, -0.1) is 11.3 Å². The maximum absolute atomic E-state index is 13.6. The van der Waals surface area contributed by atoms with Crippen LogP contribution in [0.15, 0.2) is 53.2 Å². The minimum atomic E-state index is -0.192. The Morgan fingerprint density at radius 2 is 2.16 bits per heavy atom. The zero-order valence-corrected chi connectivity index (χ0v) is 18.9. The van der Waals surface area contributed by atoms with Gasteiger partial charge in [-0.1, -0.05) is 29.8 Å². The normalized spacial score (nSPS) is 21.7. The number of thiazole rings is 1. The van der Waals surface area contributed by atoms with Crippen LogP contribution in [0.1, 0.15) is 33.2 Å². The maximum Gasteiger partial charge on any atom is 0.274 e. The average molecular weight is 448 g/mol. The lowest BCUT2D eigenvalue weighted by atomic mass is 10.1. The van der Waals surface area contributed by atoms with Crippen molar-refractivity contribution in [3.63, 3.8) is 0 Å². The Bertz CT molecular complexity index is 1180. The van der Waals surface area contributed by atoms with Crippen LogP contribution in [0.2, 0.25) is 0 Å². The fraction of sp³-hybridized carbons (Fsp3) is 0.320. The van der Waals surface area contributed by atoms with E-state index in [1.807, 2.05) is 36.9 Å². The van der Waals surface area contributed by atoms with Crippen molar-refractivity contribution in [2.45, 2.75) is 26.3 Å². The van der Waals surface area contributed by atoms with Crippen LogP contribution in [0.3, 0.4) is 0 Å². The van der Waals surface area contributed by atoms with Gasteiger partial charge in [0.2, 0.25) is 5.91 Å². The molecule has 3 aromatic rings. The number of piperidine rings is 1. The highest BCUT2D eigenvalue weighted by molar-refractivity contribution is 7.15. The molecule has 3 atom stereocenters. The van der Waals surface area contributed by atoms with Crippen molar-refractivity contribution in [1.82, 2.24) is 15.2 Å². The number of hydrogen-bond acceptors (Lipinski definition) is 5. The van der Waals surface area contributed by atoms with Crippen LogP contribution < -0.4 is 5.32 Å². The molecule has 1 N–H and O–H groups in total. The number of aromatic nitrogens is 1. The fourth-order valence-corrected chi connectivity index (χ4v) is 5.47. The van der Waals surface area contributed by atoms with E-state index in [-0.39, 0.29) is 17.9 Å². The molecule has 3 heterocycles. The van der Waals surface area contributed by atoms with E-state index < -0.39 is 0 Å². The van der Waals surface area contributed by atoms with Crippen LogP contribution in [0.4, 0.5) is 0 Å². The number of benzene rings is 1. The zero-order chi connectivity index (χ0) is 22.2.